The smallest absolute Gasteiger partial charge is 0.169 e. The lowest BCUT2D eigenvalue weighted by molar-refractivity contribution is 0.378. The topological polar surface area (TPSA) is 56.7 Å². The molecule has 0 saturated heterocycles. The number of benzene rings is 2. The second-order valence-electron chi connectivity index (χ2n) is 6.84. The van der Waals surface area contributed by atoms with Gasteiger partial charge < -0.3 is 9.09 Å². The molecule has 154 valence electrons. The Labute approximate surface area is 179 Å². The van der Waals surface area contributed by atoms with Gasteiger partial charge in [-0.15, -0.1) is 0 Å². The van der Waals surface area contributed by atoms with Gasteiger partial charge in [0.05, 0.1) is 22.8 Å². The van der Waals surface area contributed by atoms with E-state index in [9.17, 15) is 13.2 Å². The van der Waals surface area contributed by atoms with E-state index in [0.29, 0.717) is 35.0 Å². The molecule has 0 unspecified atom stereocenters. The number of pyridine rings is 1. The van der Waals surface area contributed by atoms with Crippen LogP contribution in [0, 0.1) is 17.5 Å². The van der Waals surface area contributed by atoms with E-state index < -0.39 is 17.5 Å². The third-order valence-corrected chi connectivity index (χ3v) is 5.04. The molecule has 0 amide bonds. The molecule has 5 nitrogen and oxygen atoms in total. The molecule has 0 spiro atoms. The van der Waals surface area contributed by atoms with Crippen LogP contribution in [0.1, 0.15) is 5.76 Å². The zero-order chi connectivity index (χ0) is 21.5. The number of fused-ring (bicyclic) bond motifs is 1. The van der Waals surface area contributed by atoms with Crippen LogP contribution in [-0.4, -0.2) is 19.7 Å². The summed E-state index contributed by atoms with van der Waals surface area (Å²) >= 11 is 5.71. The Morgan fingerprint density at radius 1 is 0.903 bits per heavy atom. The molecule has 3 aromatic rings. The van der Waals surface area contributed by atoms with Crippen LogP contribution in [0.3, 0.4) is 0 Å². The molecule has 0 saturated carbocycles. The van der Waals surface area contributed by atoms with Crippen molar-refractivity contribution in [3.05, 3.63) is 89.2 Å². The molecule has 0 fully saturated rings. The molecule has 2 aliphatic rings. The Bertz CT molecular complexity index is 1380. The fraction of sp³-hybridized carbons (Fsp3) is 0.0455. The van der Waals surface area contributed by atoms with E-state index in [1.165, 1.54) is 24.3 Å². The number of rotatable bonds is 4. The molecule has 0 N–H and O–H groups in total. The normalized spacial score (nSPS) is 11.4. The highest BCUT2D eigenvalue weighted by Crippen LogP contribution is 2.28. The molecule has 0 aliphatic carbocycles. The standard InChI is InChI=1S/C22H12ClF3N4O/c23-15-5-4-12(8-17(15)25)19-9-13(31-29-19)10-30-7-6-18-20(11-30)28-22(27-18)14-2-1-3-16(24)21(14)26/h1-9,11H,10H2. The summed E-state index contributed by atoms with van der Waals surface area (Å²) in [5, 5.41) is 4.01. The lowest BCUT2D eigenvalue weighted by atomic mass is 10.1. The first-order valence-corrected chi connectivity index (χ1v) is 9.54. The van der Waals surface area contributed by atoms with Gasteiger partial charge in [-0.05, 0) is 30.3 Å². The molecular weight excluding hydrogens is 429 g/mol. The second kappa shape index (κ2) is 7.55. The molecule has 31 heavy (non-hydrogen) atoms. The quantitative estimate of drug-likeness (QED) is 0.353. The molecule has 9 heteroatoms. The Morgan fingerprint density at radius 3 is 2.58 bits per heavy atom. The van der Waals surface area contributed by atoms with E-state index in [0.717, 1.165) is 6.07 Å². The highest BCUT2D eigenvalue weighted by Gasteiger charge is 2.18. The molecular formula is C22H12ClF3N4O. The number of imidazole rings is 1. The summed E-state index contributed by atoms with van der Waals surface area (Å²) in [4.78, 5) is 8.60. The highest BCUT2D eigenvalue weighted by atomic mass is 35.5. The van der Waals surface area contributed by atoms with Crippen molar-refractivity contribution in [2.75, 3.05) is 0 Å². The summed E-state index contributed by atoms with van der Waals surface area (Å²) in [6.07, 6.45) is 3.47. The summed E-state index contributed by atoms with van der Waals surface area (Å²) in [5.41, 5.74) is 2.08. The molecule has 0 radical (unpaired) electrons. The highest BCUT2D eigenvalue weighted by molar-refractivity contribution is 6.30. The molecule has 5 rings (SSSR count). The van der Waals surface area contributed by atoms with Crippen molar-refractivity contribution in [2.45, 2.75) is 6.54 Å². The van der Waals surface area contributed by atoms with Gasteiger partial charge in [-0.1, -0.05) is 28.9 Å². The molecule has 1 aromatic heterocycles. The predicted octanol–water partition coefficient (Wildman–Crippen LogP) is 5.82. The van der Waals surface area contributed by atoms with Gasteiger partial charge >= 0.3 is 0 Å². The third-order valence-electron chi connectivity index (χ3n) is 4.73. The molecule has 0 bridgehead atoms. The Balaban J connectivity index is 1.42. The number of hydrogen-bond acceptors (Lipinski definition) is 4. The van der Waals surface area contributed by atoms with Crippen LogP contribution >= 0.6 is 11.6 Å². The Hall–Kier alpha value is -3.65. The van der Waals surface area contributed by atoms with Crippen molar-refractivity contribution >= 4 is 11.6 Å². The number of hydrogen-bond donors (Lipinski definition) is 0. The zero-order valence-electron chi connectivity index (χ0n) is 15.7. The van der Waals surface area contributed by atoms with E-state index in [-0.39, 0.29) is 16.4 Å². The van der Waals surface area contributed by atoms with Crippen LogP contribution in [0.5, 0.6) is 0 Å². The number of aromatic nitrogens is 4. The molecule has 2 aromatic carbocycles. The first kappa shape index (κ1) is 19.3. The first-order valence-electron chi connectivity index (χ1n) is 9.17. The first-order chi connectivity index (χ1) is 15.0. The number of nitrogens with zero attached hydrogens (tertiary/aromatic N) is 4. The Morgan fingerprint density at radius 2 is 1.74 bits per heavy atom. The minimum Gasteiger partial charge on any atom is -0.359 e. The van der Waals surface area contributed by atoms with Gasteiger partial charge in [-0.3, -0.25) is 0 Å². The predicted molar refractivity (Wildman–Crippen MR) is 108 cm³/mol. The lowest BCUT2D eigenvalue weighted by Gasteiger charge is -2.04. The maximum Gasteiger partial charge on any atom is 0.169 e. The number of halogens is 4. The van der Waals surface area contributed by atoms with Gasteiger partial charge in [0.1, 0.15) is 17.2 Å². The maximum atomic E-state index is 14.1. The second-order valence-corrected chi connectivity index (χ2v) is 7.25. The third kappa shape index (κ3) is 3.66. The van der Waals surface area contributed by atoms with Crippen LogP contribution in [0.4, 0.5) is 13.2 Å². The molecule has 3 heterocycles. The summed E-state index contributed by atoms with van der Waals surface area (Å²) in [7, 11) is 0. The monoisotopic (exact) mass is 440 g/mol. The fourth-order valence-corrected chi connectivity index (χ4v) is 3.32. The van der Waals surface area contributed by atoms with Gasteiger partial charge in [-0.25, -0.2) is 23.1 Å². The van der Waals surface area contributed by atoms with Crippen LogP contribution < -0.4 is 0 Å². The summed E-state index contributed by atoms with van der Waals surface area (Å²) in [5.74, 6) is -1.84. The summed E-state index contributed by atoms with van der Waals surface area (Å²) in [6, 6.07) is 11.7. The van der Waals surface area contributed by atoms with Crippen LogP contribution in [0.2, 0.25) is 5.02 Å². The van der Waals surface area contributed by atoms with Crippen LogP contribution in [0.25, 0.3) is 34.0 Å². The summed E-state index contributed by atoms with van der Waals surface area (Å²) in [6.45, 7) is 0.329. The van der Waals surface area contributed by atoms with Crippen LogP contribution in [-0.2, 0) is 6.54 Å². The largest absolute Gasteiger partial charge is 0.359 e. The maximum absolute atomic E-state index is 14.1. The van der Waals surface area contributed by atoms with E-state index in [1.54, 1.807) is 35.2 Å². The fourth-order valence-electron chi connectivity index (χ4n) is 3.21. The van der Waals surface area contributed by atoms with E-state index >= 15 is 0 Å². The zero-order valence-corrected chi connectivity index (χ0v) is 16.4. The van der Waals surface area contributed by atoms with Gasteiger partial charge in [-0.2, -0.15) is 0 Å². The van der Waals surface area contributed by atoms with Gasteiger partial charge in [0.2, 0.25) is 0 Å². The lowest BCUT2D eigenvalue weighted by Crippen LogP contribution is -1.99. The van der Waals surface area contributed by atoms with Crippen molar-refractivity contribution in [3.8, 4) is 34.0 Å². The Kier molecular flexibility index (Phi) is 4.71. The summed E-state index contributed by atoms with van der Waals surface area (Å²) < 4.78 is 48.4. The van der Waals surface area contributed by atoms with E-state index in [2.05, 4.69) is 15.1 Å². The molecule has 2 aliphatic heterocycles. The van der Waals surface area contributed by atoms with Crippen molar-refractivity contribution in [1.82, 2.24) is 19.7 Å². The molecule has 0 atom stereocenters. The van der Waals surface area contributed by atoms with Crippen molar-refractivity contribution in [2.24, 2.45) is 0 Å². The van der Waals surface area contributed by atoms with Crippen molar-refractivity contribution < 1.29 is 17.7 Å². The van der Waals surface area contributed by atoms with Gasteiger partial charge in [0, 0.05) is 24.0 Å². The minimum atomic E-state index is -0.987. The van der Waals surface area contributed by atoms with Crippen molar-refractivity contribution in [1.29, 1.82) is 0 Å². The van der Waals surface area contributed by atoms with Gasteiger partial charge in [0.15, 0.2) is 23.2 Å². The van der Waals surface area contributed by atoms with E-state index in [1.807, 2.05) is 0 Å². The SMILES string of the molecule is Fc1cc(-c2cc(Cn3ccc4nc(-c5cccc(F)c5F)nc-4c3)on2)ccc1Cl. The van der Waals surface area contributed by atoms with Gasteiger partial charge in [0.25, 0.3) is 0 Å². The average molecular weight is 441 g/mol. The van der Waals surface area contributed by atoms with Crippen LogP contribution in [0.15, 0.2) is 65.4 Å². The minimum absolute atomic E-state index is 0.00202. The van der Waals surface area contributed by atoms with E-state index in [4.69, 9.17) is 16.1 Å². The average Bonchev–Trinajstić information content (AvgIpc) is 3.39. The van der Waals surface area contributed by atoms with Crippen molar-refractivity contribution in [3.63, 3.8) is 0 Å².